The topological polar surface area (TPSA) is 81.5 Å². The molecule has 206 valence electrons. The van der Waals surface area contributed by atoms with Crippen molar-refractivity contribution in [3.8, 4) is 0 Å². The summed E-state index contributed by atoms with van der Waals surface area (Å²) in [5.74, 6) is -0.861. The molecule has 4 aromatic rings. The highest BCUT2D eigenvalue weighted by Crippen LogP contribution is 2.30. The van der Waals surface area contributed by atoms with Gasteiger partial charge in [0.15, 0.2) is 0 Å². The lowest BCUT2D eigenvalue weighted by molar-refractivity contribution is -0.155. The van der Waals surface area contributed by atoms with Crippen LogP contribution in [0.3, 0.4) is 0 Å². The lowest BCUT2D eigenvalue weighted by Gasteiger charge is -2.25. The molecule has 0 spiro atoms. The number of nitrogens with zero attached hydrogens (tertiary/aromatic N) is 3. The van der Waals surface area contributed by atoms with Gasteiger partial charge in [-0.3, -0.25) is 9.10 Å². The van der Waals surface area contributed by atoms with Gasteiger partial charge in [-0.2, -0.15) is 0 Å². The number of halogens is 2. The molecule has 0 bridgehead atoms. The van der Waals surface area contributed by atoms with Gasteiger partial charge < -0.3 is 9.30 Å². The Labute approximate surface area is 227 Å². The summed E-state index contributed by atoms with van der Waals surface area (Å²) in [4.78, 5) is 17.1. The van der Waals surface area contributed by atoms with Gasteiger partial charge in [0.2, 0.25) is 0 Å². The Morgan fingerprint density at radius 3 is 2.36 bits per heavy atom. The number of ether oxygens (including phenoxy) is 1. The van der Waals surface area contributed by atoms with Crippen LogP contribution < -0.4 is 4.31 Å². The van der Waals surface area contributed by atoms with Crippen LogP contribution in [0.4, 0.5) is 14.5 Å². The van der Waals surface area contributed by atoms with E-state index in [1.54, 1.807) is 43.5 Å². The smallest absolute Gasteiger partial charge is 0.326 e. The standard InChI is InChI=1S/C29H31F2N3O4S/c1-5-7-27-32-25-17-23(14-15-26(25)33(27)19-28(35)38-29(2,3)4)34(18-20-10-12-21(30)13-11-20)39(36,37)24-9-6-8-22(31)16-24/h6,8-17H,5,7,18-19H2,1-4H3. The number of anilines is 1. The van der Waals surface area contributed by atoms with Crippen molar-refractivity contribution in [1.82, 2.24) is 9.55 Å². The van der Waals surface area contributed by atoms with Crippen molar-refractivity contribution in [1.29, 1.82) is 0 Å². The first-order valence-electron chi connectivity index (χ1n) is 12.6. The van der Waals surface area contributed by atoms with Gasteiger partial charge in [-0.25, -0.2) is 22.2 Å². The Morgan fingerprint density at radius 2 is 1.72 bits per heavy atom. The zero-order chi connectivity index (χ0) is 28.4. The van der Waals surface area contributed by atoms with Crippen LogP contribution in [-0.2, 0) is 39.1 Å². The zero-order valence-electron chi connectivity index (χ0n) is 22.3. The third-order valence-electron chi connectivity index (χ3n) is 5.90. The summed E-state index contributed by atoms with van der Waals surface area (Å²) in [6, 6.07) is 15.2. The van der Waals surface area contributed by atoms with Gasteiger partial charge in [0.25, 0.3) is 10.0 Å². The Balaban J connectivity index is 1.80. The maximum absolute atomic E-state index is 14.0. The molecule has 0 unspecified atom stereocenters. The Bertz CT molecular complexity index is 1590. The zero-order valence-corrected chi connectivity index (χ0v) is 23.1. The average molecular weight is 556 g/mol. The number of esters is 1. The maximum Gasteiger partial charge on any atom is 0.326 e. The molecule has 0 aliphatic rings. The predicted molar refractivity (Wildman–Crippen MR) is 146 cm³/mol. The van der Waals surface area contributed by atoms with Gasteiger partial charge in [-0.1, -0.05) is 25.1 Å². The molecule has 3 aromatic carbocycles. The SMILES string of the molecule is CCCc1nc2cc(N(Cc3ccc(F)cc3)S(=O)(=O)c3cccc(F)c3)ccc2n1CC(=O)OC(C)(C)C. The number of benzene rings is 3. The first kappa shape index (κ1) is 28.2. The molecule has 0 saturated heterocycles. The Kier molecular flexibility index (Phi) is 8.06. The van der Waals surface area contributed by atoms with Gasteiger partial charge in [-0.05, 0) is 81.3 Å². The molecule has 1 heterocycles. The molecule has 0 fully saturated rings. The third kappa shape index (κ3) is 6.62. The van der Waals surface area contributed by atoms with Crippen LogP contribution in [0, 0.1) is 11.6 Å². The fraction of sp³-hybridized carbons (Fsp3) is 0.310. The number of carbonyl (C=O) groups is 1. The summed E-state index contributed by atoms with van der Waals surface area (Å²) in [6.45, 7) is 7.23. The van der Waals surface area contributed by atoms with E-state index in [1.165, 1.54) is 42.5 Å². The molecule has 0 saturated carbocycles. The highest BCUT2D eigenvalue weighted by atomic mass is 32.2. The monoisotopic (exact) mass is 555 g/mol. The number of sulfonamides is 1. The lowest BCUT2D eigenvalue weighted by atomic mass is 10.2. The van der Waals surface area contributed by atoms with Crippen LogP contribution in [0.5, 0.6) is 0 Å². The minimum Gasteiger partial charge on any atom is -0.459 e. The summed E-state index contributed by atoms with van der Waals surface area (Å²) in [7, 11) is -4.22. The highest BCUT2D eigenvalue weighted by molar-refractivity contribution is 7.92. The molecule has 10 heteroatoms. The second kappa shape index (κ2) is 11.1. The van der Waals surface area contributed by atoms with E-state index in [4.69, 9.17) is 9.72 Å². The molecule has 0 atom stereocenters. The fourth-order valence-electron chi connectivity index (χ4n) is 4.24. The van der Waals surface area contributed by atoms with E-state index < -0.39 is 33.2 Å². The average Bonchev–Trinajstić information content (AvgIpc) is 3.18. The predicted octanol–water partition coefficient (Wildman–Crippen LogP) is 6.00. The lowest BCUT2D eigenvalue weighted by Crippen LogP contribution is -2.30. The molecule has 1 aromatic heterocycles. The molecule has 4 rings (SSSR count). The van der Waals surface area contributed by atoms with E-state index in [2.05, 4.69) is 0 Å². The van der Waals surface area contributed by atoms with E-state index in [9.17, 15) is 22.0 Å². The van der Waals surface area contributed by atoms with Crippen LogP contribution >= 0.6 is 0 Å². The Hall–Kier alpha value is -3.79. The molecule has 0 aliphatic heterocycles. The van der Waals surface area contributed by atoms with Crippen molar-refractivity contribution in [2.75, 3.05) is 4.31 Å². The van der Waals surface area contributed by atoms with E-state index in [0.29, 0.717) is 34.5 Å². The molecule has 39 heavy (non-hydrogen) atoms. The number of imidazole rings is 1. The highest BCUT2D eigenvalue weighted by Gasteiger charge is 2.27. The molecule has 0 amide bonds. The first-order chi connectivity index (χ1) is 18.4. The van der Waals surface area contributed by atoms with Gasteiger partial charge in [-0.15, -0.1) is 0 Å². The number of hydrogen-bond acceptors (Lipinski definition) is 5. The van der Waals surface area contributed by atoms with Gasteiger partial charge in [0, 0.05) is 6.42 Å². The van der Waals surface area contributed by atoms with Crippen molar-refractivity contribution in [2.24, 2.45) is 0 Å². The normalized spacial score (nSPS) is 12.1. The minimum absolute atomic E-state index is 0.0384. The minimum atomic E-state index is -4.22. The second-order valence-electron chi connectivity index (χ2n) is 10.2. The van der Waals surface area contributed by atoms with Crippen molar-refractivity contribution in [2.45, 2.75) is 64.1 Å². The molecular weight excluding hydrogens is 524 g/mol. The second-order valence-corrected chi connectivity index (χ2v) is 12.1. The number of carbonyl (C=O) groups excluding carboxylic acids is 1. The number of aromatic nitrogens is 2. The van der Waals surface area contributed by atoms with Gasteiger partial charge in [0.05, 0.1) is 28.2 Å². The number of aryl methyl sites for hydroxylation is 1. The summed E-state index contributed by atoms with van der Waals surface area (Å²) in [5.41, 5.74) is 1.34. The van der Waals surface area contributed by atoms with E-state index in [0.717, 1.165) is 16.8 Å². The fourth-order valence-corrected chi connectivity index (χ4v) is 5.72. The van der Waals surface area contributed by atoms with Gasteiger partial charge in [0.1, 0.15) is 29.6 Å². The van der Waals surface area contributed by atoms with E-state index in [-0.39, 0.29) is 18.0 Å². The van der Waals surface area contributed by atoms with Crippen molar-refractivity contribution in [3.05, 3.63) is 89.8 Å². The quantitative estimate of drug-likeness (QED) is 0.237. The Morgan fingerprint density at radius 1 is 1.00 bits per heavy atom. The summed E-state index contributed by atoms with van der Waals surface area (Å²) >= 11 is 0. The van der Waals surface area contributed by atoms with Crippen LogP contribution in [0.25, 0.3) is 11.0 Å². The van der Waals surface area contributed by atoms with Crippen LogP contribution in [-0.4, -0.2) is 29.5 Å². The largest absolute Gasteiger partial charge is 0.459 e. The van der Waals surface area contributed by atoms with E-state index >= 15 is 0 Å². The maximum atomic E-state index is 14.0. The third-order valence-corrected chi connectivity index (χ3v) is 7.67. The summed E-state index contributed by atoms with van der Waals surface area (Å²) in [5, 5.41) is 0. The molecular formula is C29H31F2N3O4S. The molecule has 0 radical (unpaired) electrons. The summed E-state index contributed by atoms with van der Waals surface area (Å²) < 4.78 is 63.4. The van der Waals surface area contributed by atoms with Crippen LogP contribution in [0.15, 0.2) is 71.6 Å². The van der Waals surface area contributed by atoms with Crippen molar-refractivity contribution >= 4 is 32.7 Å². The number of fused-ring (bicyclic) bond motifs is 1. The number of hydrogen-bond donors (Lipinski definition) is 0. The van der Waals surface area contributed by atoms with Crippen molar-refractivity contribution in [3.63, 3.8) is 0 Å². The molecule has 0 N–H and O–H groups in total. The summed E-state index contributed by atoms with van der Waals surface area (Å²) in [6.07, 6.45) is 1.39. The van der Waals surface area contributed by atoms with Crippen molar-refractivity contribution < 1.29 is 26.7 Å². The number of rotatable bonds is 9. The first-order valence-corrected chi connectivity index (χ1v) is 14.0. The van der Waals surface area contributed by atoms with Crippen LogP contribution in [0.2, 0.25) is 0 Å². The van der Waals surface area contributed by atoms with E-state index in [1.807, 2.05) is 6.92 Å². The van der Waals surface area contributed by atoms with Crippen LogP contribution in [0.1, 0.15) is 45.5 Å². The van der Waals surface area contributed by atoms with Gasteiger partial charge >= 0.3 is 5.97 Å². The molecule has 7 nitrogen and oxygen atoms in total. The molecule has 0 aliphatic carbocycles.